The van der Waals surface area contributed by atoms with E-state index in [1.165, 1.54) is 0 Å². The first-order chi connectivity index (χ1) is 8.18. The molecule has 0 saturated carbocycles. The fraction of sp³-hybridized carbons (Fsp3) is 1.00. The van der Waals surface area contributed by atoms with Crippen LogP contribution in [0.15, 0.2) is 0 Å². The highest BCUT2D eigenvalue weighted by Crippen LogP contribution is 2.64. The molecule has 19 heavy (non-hydrogen) atoms. The molecule has 0 saturated heterocycles. The number of likely N-dealkylation sites (N-methyl/N-ethyl adjacent to an activating group) is 1. The summed E-state index contributed by atoms with van der Waals surface area (Å²) < 4.78 is 36.4. The van der Waals surface area contributed by atoms with Gasteiger partial charge in [0.2, 0.25) is 0 Å². The van der Waals surface area contributed by atoms with Gasteiger partial charge < -0.3 is 34.5 Å². The summed E-state index contributed by atoms with van der Waals surface area (Å²) in [5, 5.41) is 8.20. The Morgan fingerprint density at radius 3 is 1.32 bits per heavy atom. The monoisotopic (exact) mass is 347 g/mol. The summed E-state index contributed by atoms with van der Waals surface area (Å²) in [6.07, 6.45) is 0. The molecule has 0 rings (SSSR count). The molecule has 12 nitrogen and oxygen atoms in total. The predicted molar refractivity (Wildman–Crippen MR) is 61.7 cm³/mol. The van der Waals surface area contributed by atoms with E-state index >= 15 is 0 Å². The highest BCUT2D eigenvalue weighted by Gasteiger charge is 2.38. The first-order valence-electron chi connectivity index (χ1n) is 4.30. The zero-order chi connectivity index (χ0) is 15.9. The summed E-state index contributed by atoms with van der Waals surface area (Å²) in [7, 11) is -12.3. The highest BCUT2D eigenvalue weighted by atomic mass is 31.3. The first kappa shape index (κ1) is 21.6. The van der Waals surface area contributed by atoms with Crippen molar-refractivity contribution in [2.24, 2.45) is 0 Å². The van der Waals surface area contributed by atoms with Gasteiger partial charge >= 0.3 is 23.5 Å². The third kappa shape index (κ3) is 20.8. The Bertz CT molecular complexity index is 355. The number of phosphoric acid groups is 3. The van der Waals surface area contributed by atoms with E-state index in [1.54, 1.807) is 0 Å². The molecule has 118 valence electrons. The van der Waals surface area contributed by atoms with Gasteiger partial charge in [-0.25, -0.2) is 13.7 Å². The van der Waals surface area contributed by atoms with E-state index in [0.29, 0.717) is 0 Å². The van der Waals surface area contributed by atoms with Crippen LogP contribution in [0, 0.1) is 0 Å². The van der Waals surface area contributed by atoms with Crippen LogP contribution in [-0.2, 0) is 22.3 Å². The third-order valence-corrected chi connectivity index (χ3v) is 4.32. The van der Waals surface area contributed by atoms with Crippen LogP contribution in [0.1, 0.15) is 0 Å². The highest BCUT2D eigenvalue weighted by molar-refractivity contribution is 7.66. The average Bonchev–Trinajstić information content (AvgIpc) is 1.92. The molecule has 0 aromatic rings. The largest absolute Gasteiger partial charge is 0.490 e. The lowest BCUT2D eigenvalue weighted by molar-refractivity contribution is 0.204. The molecule has 0 amide bonds. The van der Waals surface area contributed by atoms with Crippen LogP contribution in [0.4, 0.5) is 0 Å². The van der Waals surface area contributed by atoms with E-state index in [-0.39, 0.29) is 6.61 Å². The van der Waals surface area contributed by atoms with Crippen molar-refractivity contribution in [1.82, 2.24) is 4.90 Å². The van der Waals surface area contributed by atoms with Crippen LogP contribution < -0.4 is 0 Å². The molecule has 0 spiro atoms. The molecule has 0 unspecified atom stereocenters. The van der Waals surface area contributed by atoms with Crippen LogP contribution in [-0.4, -0.2) is 61.7 Å². The van der Waals surface area contributed by atoms with Gasteiger partial charge in [-0.1, -0.05) is 0 Å². The van der Waals surface area contributed by atoms with Crippen LogP contribution in [0.25, 0.3) is 0 Å². The fourth-order valence-corrected chi connectivity index (χ4v) is 3.02. The summed E-state index contributed by atoms with van der Waals surface area (Å²) in [5.74, 6) is 0. The molecule has 15 heteroatoms. The molecular weight excluding hydrogens is 331 g/mol. The van der Waals surface area contributed by atoms with E-state index < -0.39 is 23.5 Å². The molecule has 6 N–H and O–H groups in total. The zero-order valence-corrected chi connectivity index (χ0v) is 12.6. The van der Waals surface area contributed by atoms with Crippen LogP contribution in [0.2, 0.25) is 0 Å². The Labute approximate surface area is 108 Å². The fourth-order valence-electron chi connectivity index (χ4n) is 0.484. The van der Waals surface area contributed by atoms with Crippen LogP contribution in [0.5, 0.6) is 0 Å². The van der Waals surface area contributed by atoms with E-state index in [2.05, 4.69) is 8.62 Å². The van der Waals surface area contributed by atoms with Crippen molar-refractivity contribution < 1.29 is 51.9 Å². The van der Waals surface area contributed by atoms with E-state index in [9.17, 15) is 13.7 Å². The van der Waals surface area contributed by atoms with Gasteiger partial charge in [-0.3, -0.25) is 0 Å². The molecule has 0 fully saturated rings. The average molecular weight is 347 g/mol. The van der Waals surface area contributed by atoms with Gasteiger partial charge in [0.05, 0.1) is 6.61 Å². The summed E-state index contributed by atoms with van der Waals surface area (Å²) >= 11 is 0. The van der Waals surface area contributed by atoms with Crippen molar-refractivity contribution in [3.63, 3.8) is 0 Å². The van der Waals surface area contributed by atoms with Gasteiger partial charge in [0, 0.05) is 6.54 Å². The third-order valence-electron chi connectivity index (χ3n) is 0.966. The van der Waals surface area contributed by atoms with Crippen molar-refractivity contribution in [1.29, 1.82) is 0 Å². The van der Waals surface area contributed by atoms with Gasteiger partial charge in [0.15, 0.2) is 0 Å². The lowest BCUT2D eigenvalue weighted by Crippen LogP contribution is -2.15. The molecule has 0 aliphatic rings. The Morgan fingerprint density at radius 2 is 1.21 bits per heavy atom. The molecule has 0 aromatic heterocycles. The van der Waals surface area contributed by atoms with Crippen molar-refractivity contribution in [3.8, 4) is 0 Å². The van der Waals surface area contributed by atoms with E-state index in [1.807, 2.05) is 19.0 Å². The molecule has 0 radical (unpaired) electrons. The van der Waals surface area contributed by atoms with Gasteiger partial charge in [-0.2, -0.15) is 8.62 Å². The molecular formula is C4H16NO11P3. The van der Waals surface area contributed by atoms with Crippen LogP contribution in [0.3, 0.4) is 0 Å². The zero-order valence-electron chi connectivity index (χ0n) is 9.93. The number of rotatable bonds is 6. The lowest BCUT2D eigenvalue weighted by Gasteiger charge is -2.11. The second-order valence-corrected chi connectivity index (χ2v) is 7.35. The summed E-state index contributed by atoms with van der Waals surface area (Å²) in [6.45, 7) is 1.02. The Hall–Kier alpha value is 0.330. The topological polar surface area (TPSA) is 194 Å². The lowest BCUT2D eigenvalue weighted by atomic mass is 10.6. The molecule has 0 atom stereocenters. The standard InChI is InChI=1S/C4H11NO.H5O10P3/c1-5(2)3-4-6;1-11(2,3)9-13(7,8)10-12(4,5)6/h6H,3-4H2,1-2H3;(H,7,8)(H2,1,2,3)(H2,4,5,6). The summed E-state index contributed by atoms with van der Waals surface area (Å²) in [5.41, 5.74) is 0. The maximum Gasteiger partial charge on any atom is 0.490 e. The maximum absolute atomic E-state index is 10.4. The van der Waals surface area contributed by atoms with E-state index in [0.717, 1.165) is 6.54 Å². The minimum atomic E-state index is -5.46. The Morgan fingerprint density at radius 1 is 0.895 bits per heavy atom. The Kier molecular flexibility index (Phi) is 9.77. The van der Waals surface area contributed by atoms with Gasteiger partial charge in [-0.15, -0.1) is 0 Å². The number of aliphatic hydroxyl groups is 1. The predicted octanol–water partition coefficient (Wildman–Crippen LogP) is -1.15. The van der Waals surface area contributed by atoms with Gasteiger partial charge in [0.1, 0.15) is 0 Å². The minimum Gasteiger partial charge on any atom is -0.395 e. The molecule has 0 bridgehead atoms. The summed E-state index contributed by atoms with van der Waals surface area (Å²) in [4.78, 5) is 42.1. The quantitative estimate of drug-likeness (QED) is 0.316. The second-order valence-electron chi connectivity index (χ2n) is 3.14. The van der Waals surface area contributed by atoms with Gasteiger partial charge in [0.25, 0.3) is 0 Å². The molecule has 0 heterocycles. The van der Waals surface area contributed by atoms with Crippen molar-refractivity contribution in [2.75, 3.05) is 27.2 Å². The van der Waals surface area contributed by atoms with Crippen molar-refractivity contribution >= 4 is 23.5 Å². The normalized spacial score (nSPS) is 13.1. The maximum atomic E-state index is 10.4. The number of nitrogens with zero attached hydrogens (tertiary/aromatic N) is 1. The van der Waals surface area contributed by atoms with Crippen molar-refractivity contribution in [3.05, 3.63) is 0 Å². The second kappa shape index (κ2) is 8.58. The van der Waals surface area contributed by atoms with Gasteiger partial charge in [-0.05, 0) is 14.1 Å². The molecule has 0 aromatic carbocycles. The first-order valence-corrected chi connectivity index (χ1v) is 8.86. The SMILES string of the molecule is CN(C)CCO.O=P(O)(O)OP(=O)(O)OP(=O)(O)O. The van der Waals surface area contributed by atoms with Crippen molar-refractivity contribution in [2.45, 2.75) is 0 Å². The smallest absolute Gasteiger partial charge is 0.395 e. The summed E-state index contributed by atoms with van der Waals surface area (Å²) in [6, 6.07) is 0. The molecule has 0 aliphatic carbocycles. The van der Waals surface area contributed by atoms with Crippen LogP contribution >= 0.6 is 23.5 Å². The minimum absolute atomic E-state index is 0.257. The number of aliphatic hydroxyl groups excluding tert-OH is 1. The van der Waals surface area contributed by atoms with E-state index in [4.69, 9.17) is 29.6 Å². The Balaban J connectivity index is 0. The molecule has 0 aliphatic heterocycles. The number of hydrogen-bond acceptors (Lipinski definition) is 7. The number of hydrogen-bond donors (Lipinski definition) is 6.